The van der Waals surface area contributed by atoms with E-state index in [-0.39, 0.29) is 12.3 Å². The smallest absolute Gasteiger partial charge is 0.303 e. The van der Waals surface area contributed by atoms with Crippen molar-refractivity contribution in [3.8, 4) is 5.75 Å². The monoisotopic (exact) mass is 487 g/mol. The number of aliphatic carboxylic acids is 1. The minimum absolute atomic E-state index is 0.0217. The maximum Gasteiger partial charge on any atom is 0.303 e. The largest absolute Gasteiger partial charge is 0.489 e. The number of hydrogen-bond acceptors (Lipinski definition) is 3. The van der Waals surface area contributed by atoms with Crippen molar-refractivity contribution in [1.82, 2.24) is 5.32 Å². The molecule has 36 heavy (non-hydrogen) atoms. The summed E-state index contributed by atoms with van der Waals surface area (Å²) in [7, 11) is 0. The van der Waals surface area contributed by atoms with E-state index in [2.05, 4.69) is 43.4 Å². The van der Waals surface area contributed by atoms with Gasteiger partial charge in [0, 0.05) is 18.5 Å². The van der Waals surface area contributed by atoms with Gasteiger partial charge in [-0.05, 0) is 85.9 Å². The molecule has 190 valence electrons. The SMILES string of the molecule is Cc1cccc(CC(C)CCNC(=O)c2cc(COc3cc(C)ccc3C)ccc2CCC(=O)O)c1. The molecule has 3 rings (SSSR count). The zero-order valence-corrected chi connectivity index (χ0v) is 21.8. The highest BCUT2D eigenvalue weighted by Gasteiger charge is 2.15. The maximum atomic E-state index is 13.1. The van der Waals surface area contributed by atoms with E-state index in [1.165, 1.54) is 11.1 Å². The third-order valence-electron chi connectivity index (χ3n) is 6.35. The number of benzene rings is 3. The van der Waals surface area contributed by atoms with Gasteiger partial charge >= 0.3 is 5.97 Å². The third-order valence-corrected chi connectivity index (χ3v) is 6.35. The molecular weight excluding hydrogens is 450 g/mol. The van der Waals surface area contributed by atoms with Crippen molar-refractivity contribution in [3.63, 3.8) is 0 Å². The van der Waals surface area contributed by atoms with Gasteiger partial charge in [-0.15, -0.1) is 0 Å². The Kier molecular flexibility index (Phi) is 9.69. The first kappa shape index (κ1) is 27.0. The highest BCUT2D eigenvalue weighted by Crippen LogP contribution is 2.22. The van der Waals surface area contributed by atoms with Gasteiger partial charge in [0.05, 0.1) is 0 Å². The van der Waals surface area contributed by atoms with Crippen LogP contribution >= 0.6 is 0 Å². The topological polar surface area (TPSA) is 75.6 Å². The summed E-state index contributed by atoms with van der Waals surface area (Å²) in [5.74, 6) is 0.190. The lowest BCUT2D eigenvalue weighted by molar-refractivity contribution is -0.136. The standard InChI is InChI=1S/C31H37NO4/c1-21-6-5-7-25(16-21)17-23(3)14-15-32-31(35)28-19-26(10-11-27(28)12-13-30(33)34)20-36-29-18-22(2)8-9-24(29)4/h5-11,16,18-19,23H,12-15,17,20H2,1-4H3,(H,32,35)(H,33,34). The van der Waals surface area contributed by atoms with Crippen molar-refractivity contribution >= 4 is 11.9 Å². The maximum absolute atomic E-state index is 13.1. The Morgan fingerprint density at radius 2 is 1.72 bits per heavy atom. The number of nitrogens with one attached hydrogen (secondary N) is 1. The van der Waals surface area contributed by atoms with E-state index in [0.29, 0.717) is 31.1 Å². The molecule has 3 aromatic carbocycles. The summed E-state index contributed by atoms with van der Waals surface area (Å²) in [6.07, 6.45) is 2.11. The fourth-order valence-corrected chi connectivity index (χ4v) is 4.28. The molecule has 0 aliphatic carbocycles. The summed E-state index contributed by atoms with van der Waals surface area (Å²) >= 11 is 0. The van der Waals surface area contributed by atoms with Gasteiger partial charge in [0.25, 0.3) is 5.91 Å². The molecule has 1 unspecified atom stereocenters. The quantitative estimate of drug-likeness (QED) is 0.319. The molecule has 0 aromatic heterocycles. The average molecular weight is 488 g/mol. The molecule has 3 aromatic rings. The lowest BCUT2D eigenvalue weighted by Crippen LogP contribution is -2.27. The van der Waals surface area contributed by atoms with Crippen LogP contribution in [0.15, 0.2) is 60.7 Å². The second kappa shape index (κ2) is 12.9. The number of rotatable bonds is 12. The van der Waals surface area contributed by atoms with Gasteiger partial charge in [0.15, 0.2) is 0 Å². The number of aryl methyl sites for hydroxylation is 4. The van der Waals surface area contributed by atoms with Crippen molar-refractivity contribution in [3.05, 3.63) is 99.6 Å². The summed E-state index contributed by atoms with van der Waals surface area (Å²) in [6.45, 7) is 9.20. The molecule has 0 fully saturated rings. The molecule has 0 saturated carbocycles. The molecule has 0 aliphatic heterocycles. The minimum Gasteiger partial charge on any atom is -0.489 e. The van der Waals surface area contributed by atoms with Gasteiger partial charge < -0.3 is 15.2 Å². The van der Waals surface area contributed by atoms with Crippen molar-refractivity contribution < 1.29 is 19.4 Å². The Morgan fingerprint density at radius 1 is 0.944 bits per heavy atom. The molecule has 1 amide bonds. The van der Waals surface area contributed by atoms with Crippen LogP contribution in [-0.4, -0.2) is 23.5 Å². The molecule has 5 heteroatoms. The summed E-state index contributed by atoms with van der Waals surface area (Å²) < 4.78 is 6.03. The van der Waals surface area contributed by atoms with Crippen molar-refractivity contribution in [2.24, 2.45) is 5.92 Å². The Bertz CT molecular complexity index is 1200. The van der Waals surface area contributed by atoms with E-state index >= 15 is 0 Å². The molecule has 0 radical (unpaired) electrons. The first-order chi connectivity index (χ1) is 17.2. The predicted octanol–water partition coefficient (Wildman–Crippen LogP) is 6.21. The number of amides is 1. The average Bonchev–Trinajstić information content (AvgIpc) is 2.83. The van der Waals surface area contributed by atoms with Crippen LogP contribution in [0, 0.1) is 26.7 Å². The van der Waals surface area contributed by atoms with Gasteiger partial charge in [-0.3, -0.25) is 9.59 Å². The van der Waals surface area contributed by atoms with E-state index in [0.717, 1.165) is 40.8 Å². The number of carbonyl (C=O) groups is 2. The Labute approximate surface area is 214 Å². The zero-order valence-electron chi connectivity index (χ0n) is 21.8. The highest BCUT2D eigenvalue weighted by atomic mass is 16.5. The molecule has 1 atom stereocenters. The summed E-state index contributed by atoms with van der Waals surface area (Å²) in [6, 6.07) is 20.2. The lowest BCUT2D eigenvalue weighted by Gasteiger charge is -2.15. The molecule has 0 heterocycles. The molecule has 5 nitrogen and oxygen atoms in total. The van der Waals surface area contributed by atoms with E-state index < -0.39 is 5.97 Å². The van der Waals surface area contributed by atoms with Crippen LogP contribution in [0.3, 0.4) is 0 Å². The van der Waals surface area contributed by atoms with Crippen molar-refractivity contribution in [2.45, 2.75) is 60.0 Å². The van der Waals surface area contributed by atoms with Crippen LogP contribution in [0.4, 0.5) is 0 Å². The number of carbonyl (C=O) groups excluding carboxylic acids is 1. The molecule has 0 spiro atoms. The van der Waals surface area contributed by atoms with Gasteiger partial charge in [-0.2, -0.15) is 0 Å². The Balaban J connectivity index is 1.64. The molecule has 0 aliphatic rings. The van der Waals surface area contributed by atoms with Gasteiger partial charge in [0.2, 0.25) is 0 Å². The van der Waals surface area contributed by atoms with Gasteiger partial charge in [-0.1, -0.05) is 61.0 Å². The fourth-order valence-electron chi connectivity index (χ4n) is 4.28. The van der Waals surface area contributed by atoms with E-state index in [1.54, 1.807) is 0 Å². The van der Waals surface area contributed by atoms with Crippen LogP contribution in [0.25, 0.3) is 0 Å². The number of hydrogen-bond donors (Lipinski definition) is 2. The van der Waals surface area contributed by atoms with E-state index in [4.69, 9.17) is 9.84 Å². The first-order valence-electron chi connectivity index (χ1n) is 12.6. The van der Waals surface area contributed by atoms with Crippen LogP contribution in [0.1, 0.15) is 63.5 Å². The number of carboxylic acid groups (broad SMARTS) is 1. The van der Waals surface area contributed by atoms with Gasteiger partial charge in [0.1, 0.15) is 12.4 Å². The molecule has 2 N–H and O–H groups in total. The van der Waals surface area contributed by atoms with Crippen LogP contribution in [-0.2, 0) is 24.2 Å². The summed E-state index contributed by atoms with van der Waals surface area (Å²) in [5.41, 5.74) is 6.85. The predicted molar refractivity (Wildman–Crippen MR) is 144 cm³/mol. The number of carboxylic acids is 1. The van der Waals surface area contributed by atoms with Gasteiger partial charge in [-0.25, -0.2) is 0 Å². The Hall–Kier alpha value is -3.60. The highest BCUT2D eigenvalue weighted by molar-refractivity contribution is 5.96. The fraction of sp³-hybridized carbons (Fsp3) is 0.355. The van der Waals surface area contributed by atoms with Crippen LogP contribution < -0.4 is 10.1 Å². The van der Waals surface area contributed by atoms with Crippen LogP contribution in [0.5, 0.6) is 5.75 Å². The molecule has 0 saturated heterocycles. The lowest BCUT2D eigenvalue weighted by atomic mass is 9.96. The normalized spacial score (nSPS) is 11.7. The number of ether oxygens (including phenoxy) is 1. The summed E-state index contributed by atoms with van der Waals surface area (Å²) in [4.78, 5) is 24.3. The van der Waals surface area contributed by atoms with Crippen molar-refractivity contribution in [2.75, 3.05) is 6.54 Å². The van der Waals surface area contributed by atoms with E-state index in [9.17, 15) is 9.59 Å². The van der Waals surface area contributed by atoms with Crippen LogP contribution in [0.2, 0.25) is 0 Å². The second-order valence-corrected chi connectivity index (χ2v) is 9.79. The van der Waals surface area contributed by atoms with E-state index in [1.807, 2.05) is 50.2 Å². The second-order valence-electron chi connectivity index (χ2n) is 9.79. The van der Waals surface area contributed by atoms with Crippen molar-refractivity contribution in [1.29, 1.82) is 0 Å². The summed E-state index contributed by atoms with van der Waals surface area (Å²) in [5, 5.41) is 12.2. The molecule has 0 bridgehead atoms. The zero-order chi connectivity index (χ0) is 26.1. The third kappa shape index (κ3) is 8.26. The molecular formula is C31H37NO4. The first-order valence-corrected chi connectivity index (χ1v) is 12.6. The Morgan fingerprint density at radius 3 is 2.47 bits per heavy atom. The minimum atomic E-state index is -0.881.